The topological polar surface area (TPSA) is 80.6 Å². The third kappa shape index (κ3) is 3.78. The molecular formula is C24H24FN5O3. The van der Waals surface area contributed by atoms with E-state index in [9.17, 15) is 14.0 Å². The van der Waals surface area contributed by atoms with Gasteiger partial charge in [0.15, 0.2) is 5.60 Å². The predicted octanol–water partition coefficient (Wildman–Crippen LogP) is 1.99. The van der Waals surface area contributed by atoms with Crippen molar-refractivity contribution in [2.45, 2.75) is 18.1 Å². The fourth-order valence-electron chi connectivity index (χ4n) is 4.78. The summed E-state index contributed by atoms with van der Waals surface area (Å²) in [6.45, 7) is 1.58. The summed E-state index contributed by atoms with van der Waals surface area (Å²) in [5.41, 5.74) is 0.911. The lowest BCUT2D eigenvalue weighted by Crippen LogP contribution is -2.60. The van der Waals surface area contributed by atoms with Gasteiger partial charge in [-0.1, -0.05) is 18.2 Å². The van der Waals surface area contributed by atoms with Crippen LogP contribution in [0.15, 0.2) is 61.1 Å². The molecule has 2 aliphatic rings. The van der Waals surface area contributed by atoms with Crippen molar-refractivity contribution in [3.05, 3.63) is 83.7 Å². The van der Waals surface area contributed by atoms with Crippen LogP contribution in [-0.4, -0.2) is 68.2 Å². The Morgan fingerprint density at radius 3 is 2.73 bits per heavy atom. The maximum Gasteiger partial charge on any atom is 0.272 e. The number of benzene rings is 1. The number of rotatable bonds is 4. The minimum atomic E-state index is -1.21. The smallest absolute Gasteiger partial charge is 0.272 e. The van der Waals surface area contributed by atoms with E-state index in [1.807, 2.05) is 12.1 Å². The monoisotopic (exact) mass is 449 g/mol. The lowest BCUT2D eigenvalue weighted by molar-refractivity contribution is -0.172. The van der Waals surface area contributed by atoms with Crippen molar-refractivity contribution in [1.82, 2.24) is 24.6 Å². The molecule has 2 atom stereocenters. The molecule has 2 fully saturated rings. The zero-order chi connectivity index (χ0) is 23.0. The van der Waals surface area contributed by atoms with E-state index in [0.29, 0.717) is 31.9 Å². The van der Waals surface area contributed by atoms with Crippen molar-refractivity contribution in [3.8, 4) is 0 Å². The molecule has 0 N–H and O–H groups in total. The van der Waals surface area contributed by atoms with Crippen LogP contribution < -0.4 is 0 Å². The van der Waals surface area contributed by atoms with Crippen molar-refractivity contribution >= 4 is 11.8 Å². The number of morpholine rings is 1. The van der Waals surface area contributed by atoms with Crippen LogP contribution in [0, 0.1) is 5.82 Å². The molecule has 0 radical (unpaired) electrons. The number of nitrogens with zero attached hydrogens (tertiary/aromatic N) is 5. The second-order valence-electron chi connectivity index (χ2n) is 8.46. The molecule has 0 bridgehead atoms. The van der Waals surface area contributed by atoms with E-state index >= 15 is 0 Å². The first-order valence-electron chi connectivity index (χ1n) is 10.8. The number of pyridine rings is 1. The van der Waals surface area contributed by atoms with Gasteiger partial charge in [-0.25, -0.2) is 4.39 Å². The van der Waals surface area contributed by atoms with Crippen molar-refractivity contribution < 1.29 is 18.7 Å². The van der Waals surface area contributed by atoms with E-state index in [-0.39, 0.29) is 30.1 Å². The minimum Gasteiger partial charge on any atom is -0.361 e. The Morgan fingerprint density at radius 2 is 2.03 bits per heavy atom. The predicted molar refractivity (Wildman–Crippen MR) is 117 cm³/mol. The molecule has 4 heterocycles. The Labute approximate surface area is 190 Å². The standard InChI is InChI=1S/C24H24FN5O3/c1-28-21(8-10-27-28)22(31)30-15-20(18-3-2-9-26-13-18)24(16-30)23(32)29(11-12-33-24)14-17-4-6-19(25)7-5-17/h2-10,13,20H,11-12,14-16H2,1H3. The summed E-state index contributed by atoms with van der Waals surface area (Å²) in [4.78, 5) is 34.8. The van der Waals surface area contributed by atoms with Gasteiger partial charge >= 0.3 is 0 Å². The van der Waals surface area contributed by atoms with E-state index in [1.165, 1.54) is 16.8 Å². The first-order chi connectivity index (χ1) is 16.0. The van der Waals surface area contributed by atoms with Crippen LogP contribution in [0.5, 0.6) is 0 Å². The van der Waals surface area contributed by atoms with Crippen molar-refractivity contribution in [2.75, 3.05) is 26.2 Å². The summed E-state index contributed by atoms with van der Waals surface area (Å²) in [5.74, 6) is -1.06. The molecule has 9 heteroatoms. The zero-order valence-corrected chi connectivity index (χ0v) is 18.2. The normalized spacial score (nSPS) is 22.8. The number of carbonyl (C=O) groups is 2. The van der Waals surface area contributed by atoms with Crippen molar-refractivity contribution in [2.24, 2.45) is 7.05 Å². The molecule has 2 aliphatic heterocycles. The molecule has 1 aromatic carbocycles. The molecule has 2 unspecified atom stereocenters. The van der Waals surface area contributed by atoms with Gasteiger partial charge in [0.05, 0.1) is 13.2 Å². The van der Waals surface area contributed by atoms with Crippen molar-refractivity contribution in [1.29, 1.82) is 0 Å². The first kappa shape index (κ1) is 21.3. The second-order valence-corrected chi connectivity index (χ2v) is 8.46. The fraction of sp³-hybridized carbons (Fsp3) is 0.333. The highest BCUT2D eigenvalue weighted by molar-refractivity contribution is 5.95. The van der Waals surface area contributed by atoms with Crippen molar-refractivity contribution in [3.63, 3.8) is 0 Å². The number of likely N-dealkylation sites (tertiary alicyclic amines) is 1. The molecule has 2 amide bonds. The molecule has 3 aromatic rings. The highest BCUT2D eigenvalue weighted by Crippen LogP contribution is 2.42. The van der Waals surface area contributed by atoms with E-state index in [0.717, 1.165) is 11.1 Å². The van der Waals surface area contributed by atoms with Gasteiger partial charge in [-0.3, -0.25) is 19.3 Å². The fourth-order valence-corrected chi connectivity index (χ4v) is 4.78. The Bertz CT molecular complexity index is 1170. The molecule has 33 heavy (non-hydrogen) atoms. The van der Waals surface area contributed by atoms with Crippen LogP contribution in [-0.2, 0) is 23.1 Å². The van der Waals surface area contributed by atoms with Crippen LogP contribution in [0.4, 0.5) is 4.39 Å². The lowest BCUT2D eigenvalue weighted by atomic mass is 9.83. The SMILES string of the molecule is Cn1nccc1C(=O)N1CC(c2cccnc2)C2(C1)OCCN(Cc1ccc(F)cc1)C2=O. The second kappa shape index (κ2) is 8.40. The Kier molecular flexibility index (Phi) is 5.41. The average molecular weight is 449 g/mol. The van der Waals surface area contributed by atoms with Crippen LogP contribution >= 0.6 is 0 Å². The number of hydrogen-bond acceptors (Lipinski definition) is 5. The maximum absolute atomic E-state index is 13.9. The quantitative estimate of drug-likeness (QED) is 0.609. The molecule has 2 aromatic heterocycles. The van der Waals surface area contributed by atoms with E-state index in [2.05, 4.69) is 10.1 Å². The van der Waals surface area contributed by atoms with Gasteiger partial charge in [0.1, 0.15) is 11.5 Å². The largest absolute Gasteiger partial charge is 0.361 e. The van der Waals surface area contributed by atoms with Gasteiger partial charge in [0.2, 0.25) is 0 Å². The third-order valence-corrected chi connectivity index (χ3v) is 6.46. The summed E-state index contributed by atoms with van der Waals surface area (Å²) >= 11 is 0. The van der Waals surface area contributed by atoms with Gasteiger partial charge in [-0.2, -0.15) is 5.10 Å². The van der Waals surface area contributed by atoms with Gasteiger partial charge in [0, 0.05) is 51.2 Å². The summed E-state index contributed by atoms with van der Waals surface area (Å²) in [6, 6.07) is 11.5. The Morgan fingerprint density at radius 1 is 1.21 bits per heavy atom. The molecule has 0 aliphatic carbocycles. The highest BCUT2D eigenvalue weighted by Gasteiger charge is 2.58. The molecule has 0 saturated carbocycles. The first-order valence-corrected chi connectivity index (χ1v) is 10.8. The highest BCUT2D eigenvalue weighted by atomic mass is 19.1. The third-order valence-electron chi connectivity index (χ3n) is 6.46. The Balaban J connectivity index is 1.48. The van der Waals surface area contributed by atoms with Crippen LogP contribution in [0.2, 0.25) is 0 Å². The molecule has 1 spiro atoms. The molecule has 2 saturated heterocycles. The Hall–Kier alpha value is -3.59. The number of ether oxygens (including phenoxy) is 1. The van der Waals surface area contributed by atoms with Gasteiger partial charge in [-0.05, 0) is 35.4 Å². The number of carbonyl (C=O) groups excluding carboxylic acids is 2. The van der Waals surface area contributed by atoms with Gasteiger partial charge in [0.25, 0.3) is 11.8 Å². The summed E-state index contributed by atoms with van der Waals surface area (Å²) in [5, 5.41) is 4.10. The van der Waals surface area contributed by atoms with Crippen LogP contribution in [0.3, 0.4) is 0 Å². The molecule has 5 rings (SSSR count). The van der Waals surface area contributed by atoms with Gasteiger partial charge < -0.3 is 14.5 Å². The molecule has 170 valence electrons. The number of halogens is 1. The zero-order valence-electron chi connectivity index (χ0n) is 18.2. The number of amides is 2. The molecular weight excluding hydrogens is 425 g/mol. The minimum absolute atomic E-state index is 0.134. The van der Waals surface area contributed by atoms with E-state index < -0.39 is 5.60 Å². The number of aryl methyl sites for hydroxylation is 1. The van der Waals surface area contributed by atoms with Crippen LogP contribution in [0.1, 0.15) is 27.5 Å². The maximum atomic E-state index is 13.9. The summed E-state index contributed by atoms with van der Waals surface area (Å²) < 4.78 is 21.1. The summed E-state index contributed by atoms with van der Waals surface area (Å²) in [7, 11) is 1.71. The van der Waals surface area contributed by atoms with Gasteiger partial charge in [-0.15, -0.1) is 0 Å². The average Bonchev–Trinajstić information content (AvgIpc) is 3.43. The molecule has 8 nitrogen and oxygen atoms in total. The number of hydrogen-bond donors (Lipinski definition) is 0. The van der Waals surface area contributed by atoms with E-state index in [1.54, 1.807) is 53.6 Å². The summed E-state index contributed by atoms with van der Waals surface area (Å²) in [6.07, 6.45) is 4.97. The van der Waals surface area contributed by atoms with E-state index in [4.69, 9.17) is 4.74 Å². The van der Waals surface area contributed by atoms with Crippen LogP contribution in [0.25, 0.3) is 0 Å². The number of aromatic nitrogens is 3. The lowest BCUT2D eigenvalue weighted by Gasteiger charge is -2.42.